The summed E-state index contributed by atoms with van der Waals surface area (Å²) in [5.74, 6) is 0.550. The van der Waals surface area contributed by atoms with Crippen molar-refractivity contribution < 1.29 is 4.39 Å². The highest BCUT2D eigenvalue weighted by Gasteiger charge is 2.20. The Balaban J connectivity index is 2.31. The van der Waals surface area contributed by atoms with E-state index in [1.165, 1.54) is 12.1 Å². The Hall–Kier alpha value is -2.29. The molecule has 0 amide bonds. The average molecular weight is 280 g/mol. The summed E-state index contributed by atoms with van der Waals surface area (Å²) in [6.07, 6.45) is 0. The predicted octanol–water partition coefficient (Wildman–Crippen LogP) is 4.73. The maximum absolute atomic E-state index is 13.2. The molecule has 1 heterocycles. The van der Waals surface area contributed by atoms with Crippen LogP contribution >= 0.6 is 0 Å². The van der Waals surface area contributed by atoms with Gasteiger partial charge in [-0.15, -0.1) is 0 Å². The summed E-state index contributed by atoms with van der Waals surface area (Å²) in [5.41, 5.74) is 2.53. The summed E-state index contributed by atoms with van der Waals surface area (Å²) < 4.78 is 13.2. The number of rotatable bonds is 1. The van der Waals surface area contributed by atoms with Gasteiger partial charge in [-0.05, 0) is 30.3 Å². The van der Waals surface area contributed by atoms with Gasteiger partial charge in [0.05, 0.1) is 11.2 Å². The number of halogens is 1. The zero-order chi connectivity index (χ0) is 15.0. The highest BCUT2D eigenvalue weighted by Crippen LogP contribution is 2.29. The minimum absolute atomic E-state index is 0.140. The molecule has 3 aromatic rings. The summed E-state index contributed by atoms with van der Waals surface area (Å²) in [6.45, 7) is 6.27. The van der Waals surface area contributed by atoms with Gasteiger partial charge in [0.2, 0.25) is 0 Å². The van der Waals surface area contributed by atoms with Crippen LogP contribution in [0, 0.1) is 5.82 Å². The molecule has 0 aliphatic carbocycles. The summed E-state index contributed by atoms with van der Waals surface area (Å²) in [5, 5.41) is 0.983. The first kappa shape index (κ1) is 13.7. The minimum Gasteiger partial charge on any atom is -0.232 e. The number of fused-ring (bicyclic) bond motifs is 1. The number of hydrogen-bond acceptors (Lipinski definition) is 2. The monoisotopic (exact) mass is 280 g/mol. The molecular formula is C18H17FN2. The average Bonchev–Trinajstić information content (AvgIpc) is 2.46. The van der Waals surface area contributed by atoms with Gasteiger partial charge in [-0.25, -0.2) is 14.4 Å². The molecule has 3 heteroatoms. The van der Waals surface area contributed by atoms with Crippen LogP contribution in [0.1, 0.15) is 26.6 Å². The van der Waals surface area contributed by atoms with Gasteiger partial charge in [-0.1, -0.05) is 39.0 Å². The van der Waals surface area contributed by atoms with Crippen molar-refractivity contribution in [1.29, 1.82) is 0 Å². The molecule has 0 fully saturated rings. The van der Waals surface area contributed by atoms with E-state index < -0.39 is 0 Å². The van der Waals surface area contributed by atoms with Crippen LogP contribution in [0.15, 0.2) is 48.5 Å². The van der Waals surface area contributed by atoms with Gasteiger partial charge in [0.25, 0.3) is 0 Å². The van der Waals surface area contributed by atoms with E-state index in [9.17, 15) is 4.39 Å². The smallest absolute Gasteiger partial charge is 0.135 e. The SMILES string of the molecule is CC(C)(C)c1nc(-c2ccc(F)cc2)c2ccccc2n1. The molecule has 0 saturated carbocycles. The lowest BCUT2D eigenvalue weighted by Crippen LogP contribution is -2.16. The van der Waals surface area contributed by atoms with E-state index in [-0.39, 0.29) is 11.2 Å². The number of para-hydroxylation sites is 1. The zero-order valence-electron chi connectivity index (χ0n) is 12.4. The lowest BCUT2D eigenvalue weighted by atomic mass is 9.94. The quantitative estimate of drug-likeness (QED) is 0.643. The van der Waals surface area contributed by atoms with E-state index in [1.807, 2.05) is 24.3 Å². The van der Waals surface area contributed by atoms with Crippen LogP contribution in [0.5, 0.6) is 0 Å². The molecular weight excluding hydrogens is 263 g/mol. The molecule has 2 aromatic carbocycles. The third-order valence-electron chi connectivity index (χ3n) is 3.39. The maximum Gasteiger partial charge on any atom is 0.135 e. The minimum atomic E-state index is -0.242. The second-order valence-electron chi connectivity index (χ2n) is 6.17. The molecule has 0 N–H and O–H groups in total. The van der Waals surface area contributed by atoms with Crippen LogP contribution in [0.2, 0.25) is 0 Å². The van der Waals surface area contributed by atoms with Crippen molar-refractivity contribution in [3.8, 4) is 11.3 Å². The fourth-order valence-corrected chi connectivity index (χ4v) is 2.24. The van der Waals surface area contributed by atoms with Crippen molar-refractivity contribution in [3.63, 3.8) is 0 Å². The molecule has 0 spiro atoms. The molecule has 0 aliphatic heterocycles. The van der Waals surface area contributed by atoms with E-state index in [4.69, 9.17) is 4.98 Å². The van der Waals surface area contributed by atoms with E-state index in [0.29, 0.717) is 0 Å². The Kier molecular flexibility index (Phi) is 3.20. The molecule has 0 radical (unpaired) electrons. The first-order valence-corrected chi connectivity index (χ1v) is 6.98. The van der Waals surface area contributed by atoms with Crippen LogP contribution in [0.4, 0.5) is 4.39 Å². The first-order chi connectivity index (χ1) is 9.95. The fourth-order valence-electron chi connectivity index (χ4n) is 2.24. The van der Waals surface area contributed by atoms with Crippen molar-refractivity contribution in [2.45, 2.75) is 26.2 Å². The van der Waals surface area contributed by atoms with Gasteiger partial charge in [-0.3, -0.25) is 0 Å². The van der Waals surface area contributed by atoms with Gasteiger partial charge in [0, 0.05) is 16.4 Å². The lowest BCUT2D eigenvalue weighted by molar-refractivity contribution is 0.549. The van der Waals surface area contributed by atoms with Crippen molar-refractivity contribution in [2.24, 2.45) is 0 Å². The first-order valence-electron chi connectivity index (χ1n) is 6.98. The van der Waals surface area contributed by atoms with Crippen molar-refractivity contribution in [1.82, 2.24) is 9.97 Å². The highest BCUT2D eigenvalue weighted by atomic mass is 19.1. The van der Waals surface area contributed by atoms with Crippen LogP contribution in [-0.4, -0.2) is 9.97 Å². The fraction of sp³-hybridized carbons (Fsp3) is 0.222. The van der Waals surface area contributed by atoms with Gasteiger partial charge in [0.1, 0.15) is 11.6 Å². The Bertz CT molecular complexity index is 786. The Morgan fingerprint density at radius 1 is 0.857 bits per heavy atom. The zero-order valence-corrected chi connectivity index (χ0v) is 12.4. The molecule has 0 saturated heterocycles. The van der Waals surface area contributed by atoms with Crippen LogP contribution in [-0.2, 0) is 5.41 Å². The van der Waals surface area contributed by atoms with Crippen LogP contribution < -0.4 is 0 Å². The number of hydrogen-bond donors (Lipinski definition) is 0. The molecule has 0 aliphatic rings. The molecule has 2 nitrogen and oxygen atoms in total. The largest absolute Gasteiger partial charge is 0.232 e. The third-order valence-corrected chi connectivity index (χ3v) is 3.39. The van der Waals surface area contributed by atoms with Gasteiger partial charge >= 0.3 is 0 Å². The molecule has 106 valence electrons. The number of benzene rings is 2. The van der Waals surface area contributed by atoms with Crippen LogP contribution in [0.3, 0.4) is 0 Å². The number of aromatic nitrogens is 2. The molecule has 0 unspecified atom stereocenters. The standard InChI is InChI=1S/C18H17FN2/c1-18(2,3)17-20-15-7-5-4-6-14(15)16(21-17)12-8-10-13(19)11-9-12/h4-11H,1-3H3. The van der Waals surface area contributed by atoms with E-state index in [1.54, 1.807) is 12.1 Å². The molecule has 0 bridgehead atoms. The second kappa shape index (κ2) is 4.92. The van der Waals surface area contributed by atoms with Crippen LogP contribution in [0.25, 0.3) is 22.2 Å². The predicted molar refractivity (Wildman–Crippen MR) is 83.6 cm³/mol. The van der Waals surface area contributed by atoms with Gasteiger partial charge in [0.15, 0.2) is 0 Å². The highest BCUT2D eigenvalue weighted by molar-refractivity contribution is 5.92. The van der Waals surface area contributed by atoms with E-state index >= 15 is 0 Å². The Labute approximate surface area is 123 Å². The summed E-state index contributed by atoms with van der Waals surface area (Å²) in [7, 11) is 0. The molecule has 0 atom stereocenters. The third kappa shape index (κ3) is 2.64. The summed E-state index contributed by atoms with van der Waals surface area (Å²) >= 11 is 0. The molecule has 1 aromatic heterocycles. The second-order valence-corrected chi connectivity index (χ2v) is 6.17. The lowest BCUT2D eigenvalue weighted by Gasteiger charge is -2.18. The van der Waals surface area contributed by atoms with E-state index in [2.05, 4.69) is 25.8 Å². The van der Waals surface area contributed by atoms with Crippen molar-refractivity contribution >= 4 is 10.9 Å². The Morgan fingerprint density at radius 2 is 1.52 bits per heavy atom. The molecule has 21 heavy (non-hydrogen) atoms. The van der Waals surface area contributed by atoms with Gasteiger partial charge in [-0.2, -0.15) is 0 Å². The normalized spacial score (nSPS) is 11.8. The molecule has 3 rings (SSSR count). The summed E-state index contributed by atoms with van der Waals surface area (Å²) in [6, 6.07) is 14.4. The van der Waals surface area contributed by atoms with Crippen molar-refractivity contribution in [2.75, 3.05) is 0 Å². The number of nitrogens with zero attached hydrogens (tertiary/aromatic N) is 2. The van der Waals surface area contributed by atoms with Crippen molar-refractivity contribution in [3.05, 3.63) is 60.2 Å². The maximum atomic E-state index is 13.2. The van der Waals surface area contributed by atoms with E-state index in [0.717, 1.165) is 28.0 Å². The van der Waals surface area contributed by atoms with Gasteiger partial charge < -0.3 is 0 Å². The summed E-state index contributed by atoms with van der Waals surface area (Å²) in [4.78, 5) is 9.40. The Morgan fingerprint density at radius 3 is 2.19 bits per heavy atom. The topological polar surface area (TPSA) is 25.8 Å².